The van der Waals surface area contributed by atoms with Crippen LogP contribution in [0.5, 0.6) is 11.5 Å². The van der Waals surface area contributed by atoms with Crippen LogP contribution in [0, 0.1) is 5.82 Å². The van der Waals surface area contributed by atoms with Gasteiger partial charge in [0.05, 0.1) is 18.4 Å². The summed E-state index contributed by atoms with van der Waals surface area (Å²) in [5.41, 5.74) is 3.64. The van der Waals surface area contributed by atoms with Crippen molar-refractivity contribution in [3.63, 3.8) is 0 Å². The zero-order valence-corrected chi connectivity index (χ0v) is 17.1. The van der Waals surface area contributed by atoms with E-state index in [1.54, 1.807) is 12.1 Å². The minimum Gasteiger partial charge on any atom is -0.490 e. The van der Waals surface area contributed by atoms with E-state index in [2.05, 4.69) is 0 Å². The number of hydrazone groups is 1. The van der Waals surface area contributed by atoms with E-state index in [9.17, 15) is 4.39 Å². The molecule has 2 atom stereocenters. The molecule has 0 saturated heterocycles. The van der Waals surface area contributed by atoms with Crippen LogP contribution in [0.2, 0.25) is 5.02 Å². The molecule has 0 N–H and O–H groups in total. The van der Waals surface area contributed by atoms with E-state index in [1.807, 2.05) is 54.4 Å². The van der Waals surface area contributed by atoms with Crippen LogP contribution in [0.15, 0.2) is 71.8 Å². The van der Waals surface area contributed by atoms with E-state index in [0.29, 0.717) is 23.8 Å². The summed E-state index contributed by atoms with van der Waals surface area (Å²) in [5, 5.41) is 7.46. The van der Waals surface area contributed by atoms with E-state index < -0.39 is 6.23 Å². The summed E-state index contributed by atoms with van der Waals surface area (Å²) in [6.07, 6.45) is 0.189. The summed E-state index contributed by atoms with van der Waals surface area (Å²) in [7, 11) is 0. The number of halogens is 2. The third-order valence-electron chi connectivity index (χ3n) is 5.43. The maximum absolute atomic E-state index is 13.4. The van der Waals surface area contributed by atoms with E-state index in [-0.39, 0.29) is 11.9 Å². The monoisotopic (exact) mass is 422 g/mol. The summed E-state index contributed by atoms with van der Waals surface area (Å²) >= 11 is 6.52. The predicted octanol–water partition coefficient (Wildman–Crippen LogP) is 6.12. The third kappa shape index (κ3) is 3.19. The van der Waals surface area contributed by atoms with Gasteiger partial charge < -0.3 is 9.47 Å². The lowest BCUT2D eigenvalue weighted by molar-refractivity contribution is -0.0211. The van der Waals surface area contributed by atoms with E-state index in [0.717, 1.165) is 28.2 Å². The van der Waals surface area contributed by atoms with Crippen molar-refractivity contribution in [3.05, 3.63) is 94.3 Å². The molecule has 2 unspecified atom stereocenters. The lowest BCUT2D eigenvalue weighted by atomic mass is 9.95. The summed E-state index contributed by atoms with van der Waals surface area (Å²) < 4.78 is 25.7. The van der Waals surface area contributed by atoms with Crippen LogP contribution in [0.1, 0.15) is 42.3 Å². The minimum absolute atomic E-state index is 0.0320. The van der Waals surface area contributed by atoms with Gasteiger partial charge in [0, 0.05) is 22.6 Å². The molecule has 0 amide bonds. The van der Waals surface area contributed by atoms with Crippen molar-refractivity contribution in [2.75, 3.05) is 6.61 Å². The van der Waals surface area contributed by atoms with Crippen LogP contribution in [0.3, 0.4) is 0 Å². The van der Waals surface area contributed by atoms with Crippen LogP contribution < -0.4 is 9.47 Å². The Bertz CT molecular complexity index is 1120. The van der Waals surface area contributed by atoms with Gasteiger partial charge in [0.2, 0.25) is 6.23 Å². The van der Waals surface area contributed by atoms with Crippen LogP contribution >= 0.6 is 11.6 Å². The molecule has 5 rings (SSSR count). The van der Waals surface area contributed by atoms with Crippen LogP contribution in [-0.4, -0.2) is 17.3 Å². The molecule has 2 aliphatic rings. The molecule has 2 aliphatic heterocycles. The molecular formula is C24H20ClFN2O2. The SMILES string of the molecule is CCOc1cccc2c1OC(c1ccccc1Cl)N1N=C(c3ccc(F)cc3)CC21. The molecular weight excluding hydrogens is 403 g/mol. The molecule has 0 saturated carbocycles. The summed E-state index contributed by atoms with van der Waals surface area (Å²) in [5.74, 6) is 1.17. The van der Waals surface area contributed by atoms with Gasteiger partial charge in [-0.3, -0.25) is 0 Å². The second-order valence-corrected chi connectivity index (χ2v) is 7.66. The summed E-state index contributed by atoms with van der Waals surface area (Å²) in [6, 6.07) is 19.9. The molecule has 30 heavy (non-hydrogen) atoms. The zero-order valence-electron chi connectivity index (χ0n) is 16.4. The maximum Gasteiger partial charge on any atom is 0.215 e. The number of hydrogen-bond acceptors (Lipinski definition) is 4. The number of hydrogen-bond donors (Lipinski definition) is 0. The molecule has 0 fully saturated rings. The van der Waals surface area contributed by atoms with Crippen molar-refractivity contribution in [2.45, 2.75) is 25.6 Å². The number of nitrogens with zero attached hydrogens (tertiary/aromatic N) is 2. The Labute approximate surface area is 179 Å². The lowest BCUT2D eigenvalue weighted by Crippen LogP contribution is -2.34. The highest BCUT2D eigenvalue weighted by Crippen LogP contribution is 2.51. The lowest BCUT2D eigenvalue weighted by Gasteiger charge is -2.39. The fourth-order valence-corrected chi connectivity index (χ4v) is 4.28. The first-order valence-electron chi connectivity index (χ1n) is 9.94. The highest BCUT2D eigenvalue weighted by atomic mass is 35.5. The van der Waals surface area contributed by atoms with Gasteiger partial charge in [-0.15, -0.1) is 0 Å². The Hall–Kier alpha value is -3.05. The van der Waals surface area contributed by atoms with Crippen LogP contribution in [0.25, 0.3) is 0 Å². The molecule has 152 valence electrons. The van der Waals surface area contributed by atoms with Crippen molar-refractivity contribution in [1.29, 1.82) is 0 Å². The van der Waals surface area contributed by atoms with Crippen LogP contribution in [-0.2, 0) is 0 Å². The topological polar surface area (TPSA) is 34.1 Å². The molecule has 6 heteroatoms. The number of rotatable bonds is 4. The van der Waals surface area contributed by atoms with Crippen molar-refractivity contribution in [2.24, 2.45) is 5.10 Å². The fourth-order valence-electron chi connectivity index (χ4n) is 4.05. The summed E-state index contributed by atoms with van der Waals surface area (Å²) in [4.78, 5) is 0. The molecule has 3 aromatic carbocycles. The van der Waals surface area contributed by atoms with Gasteiger partial charge in [0.25, 0.3) is 0 Å². The first-order valence-corrected chi connectivity index (χ1v) is 10.3. The Morgan fingerprint density at radius 2 is 1.83 bits per heavy atom. The standard InChI is InChI=1S/C24H20ClFN2O2/c1-2-29-22-9-5-7-18-21-14-20(15-10-12-16(26)13-11-15)27-28(21)24(30-23(18)22)17-6-3-4-8-19(17)25/h3-13,21,24H,2,14H2,1H3. The van der Waals surface area contributed by atoms with Crippen molar-refractivity contribution in [3.8, 4) is 11.5 Å². The quantitative estimate of drug-likeness (QED) is 0.508. The van der Waals surface area contributed by atoms with Gasteiger partial charge >= 0.3 is 0 Å². The Kier molecular flexibility index (Phi) is 4.83. The zero-order chi connectivity index (χ0) is 20.7. The van der Waals surface area contributed by atoms with Gasteiger partial charge in [-0.25, -0.2) is 9.40 Å². The Morgan fingerprint density at radius 3 is 2.60 bits per heavy atom. The Balaban J connectivity index is 1.62. The molecule has 0 radical (unpaired) electrons. The fraction of sp³-hybridized carbons (Fsp3) is 0.208. The number of para-hydroxylation sites is 1. The average molecular weight is 423 g/mol. The Morgan fingerprint density at radius 1 is 1.07 bits per heavy atom. The molecule has 0 aliphatic carbocycles. The van der Waals surface area contributed by atoms with Crippen molar-refractivity contribution < 1.29 is 13.9 Å². The smallest absolute Gasteiger partial charge is 0.215 e. The second kappa shape index (κ2) is 7.65. The third-order valence-corrected chi connectivity index (χ3v) is 5.77. The minimum atomic E-state index is -0.490. The van der Waals surface area contributed by atoms with Gasteiger partial charge in [0.15, 0.2) is 11.5 Å². The largest absolute Gasteiger partial charge is 0.490 e. The normalized spacial score (nSPS) is 19.6. The van der Waals surface area contributed by atoms with Gasteiger partial charge in [-0.1, -0.05) is 54.1 Å². The molecule has 2 heterocycles. The van der Waals surface area contributed by atoms with E-state index in [1.165, 1.54) is 12.1 Å². The van der Waals surface area contributed by atoms with Gasteiger partial charge in [-0.05, 0) is 36.8 Å². The van der Waals surface area contributed by atoms with Gasteiger partial charge in [-0.2, -0.15) is 5.10 Å². The second-order valence-electron chi connectivity index (χ2n) is 7.25. The number of ether oxygens (including phenoxy) is 2. The molecule has 0 aromatic heterocycles. The van der Waals surface area contributed by atoms with Gasteiger partial charge in [0.1, 0.15) is 5.82 Å². The highest BCUT2D eigenvalue weighted by Gasteiger charge is 2.42. The molecule has 0 bridgehead atoms. The average Bonchev–Trinajstić information content (AvgIpc) is 3.20. The first-order chi connectivity index (χ1) is 14.7. The van der Waals surface area contributed by atoms with Crippen molar-refractivity contribution >= 4 is 17.3 Å². The molecule has 4 nitrogen and oxygen atoms in total. The maximum atomic E-state index is 13.4. The molecule has 0 spiro atoms. The van der Waals surface area contributed by atoms with E-state index >= 15 is 0 Å². The van der Waals surface area contributed by atoms with Crippen LogP contribution in [0.4, 0.5) is 4.39 Å². The highest BCUT2D eigenvalue weighted by molar-refractivity contribution is 6.31. The van der Waals surface area contributed by atoms with E-state index in [4.69, 9.17) is 26.2 Å². The summed E-state index contributed by atoms with van der Waals surface area (Å²) in [6.45, 7) is 2.49. The number of fused-ring (bicyclic) bond motifs is 3. The predicted molar refractivity (Wildman–Crippen MR) is 115 cm³/mol. The first kappa shape index (κ1) is 18.9. The van der Waals surface area contributed by atoms with Crippen molar-refractivity contribution in [1.82, 2.24) is 5.01 Å². The number of benzene rings is 3. The molecule has 3 aromatic rings.